The van der Waals surface area contributed by atoms with Crippen molar-refractivity contribution in [3.8, 4) is 5.75 Å². The molecule has 1 atom stereocenters. The lowest BCUT2D eigenvalue weighted by Gasteiger charge is -2.13. The van der Waals surface area contributed by atoms with Crippen molar-refractivity contribution in [2.24, 2.45) is 5.92 Å². The largest absolute Gasteiger partial charge is 0.492 e. The van der Waals surface area contributed by atoms with Gasteiger partial charge in [-0.2, -0.15) is 0 Å². The molecule has 0 aliphatic heterocycles. The molecule has 0 aliphatic carbocycles. The monoisotopic (exact) mass is 237 g/mol. The summed E-state index contributed by atoms with van der Waals surface area (Å²) in [5.41, 5.74) is 0.389. The zero-order chi connectivity index (χ0) is 12.8. The Balaban J connectivity index is 2.80. The minimum atomic E-state index is -0.988. The molecule has 17 heavy (non-hydrogen) atoms. The van der Waals surface area contributed by atoms with Gasteiger partial charge < -0.3 is 9.84 Å². The molecular formula is C13H19NO3. The maximum Gasteiger partial charge on any atom is 0.193 e. The lowest BCUT2D eigenvalue weighted by atomic mass is 9.99. The van der Waals surface area contributed by atoms with Crippen molar-refractivity contribution < 1.29 is 14.6 Å². The number of carbonyl (C=O) groups excluding carboxylic acids is 1. The SMILES string of the molecule is CCCOc1cncc(C(=O)C(O)C(C)C)c1. The molecule has 4 heteroatoms. The van der Waals surface area contributed by atoms with Crippen LogP contribution in [-0.4, -0.2) is 28.6 Å². The molecule has 1 rings (SSSR count). The summed E-state index contributed by atoms with van der Waals surface area (Å²) in [7, 11) is 0. The second-order valence-electron chi connectivity index (χ2n) is 4.31. The molecule has 0 aliphatic rings. The van der Waals surface area contributed by atoms with Crippen molar-refractivity contribution in [2.75, 3.05) is 6.61 Å². The first kappa shape index (κ1) is 13.6. The molecule has 1 aromatic rings. The van der Waals surface area contributed by atoms with E-state index >= 15 is 0 Å². The number of carbonyl (C=O) groups is 1. The molecule has 94 valence electrons. The maximum atomic E-state index is 11.9. The first-order valence-electron chi connectivity index (χ1n) is 5.86. The number of nitrogens with zero attached hydrogens (tertiary/aromatic N) is 1. The third kappa shape index (κ3) is 3.82. The van der Waals surface area contributed by atoms with Gasteiger partial charge in [0, 0.05) is 11.8 Å². The normalized spacial score (nSPS) is 12.5. The summed E-state index contributed by atoms with van der Waals surface area (Å²) < 4.78 is 5.39. The van der Waals surface area contributed by atoms with Crippen LogP contribution >= 0.6 is 0 Å². The Morgan fingerprint density at radius 2 is 2.18 bits per heavy atom. The number of Topliss-reactive ketones (excluding diaryl/α,β-unsaturated/α-hetero) is 1. The van der Waals surface area contributed by atoms with Gasteiger partial charge in [0.25, 0.3) is 0 Å². The van der Waals surface area contributed by atoms with Gasteiger partial charge in [0.2, 0.25) is 0 Å². The van der Waals surface area contributed by atoms with Gasteiger partial charge in [-0.05, 0) is 18.4 Å². The van der Waals surface area contributed by atoms with Crippen LogP contribution in [0, 0.1) is 5.92 Å². The Hall–Kier alpha value is -1.42. The molecule has 1 N–H and O–H groups in total. The summed E-state index contributed by atoms with van der Waals surface area (Å²) in [6.45, 7) is 6.19. The van der Waals surface area contributed by atoms with Crippen LogP contribution in [0.15, 0.2) is 18.5 Å². The van der Waals surface area contributed by atoms with Gasteiger partial charge >= 0.3 is 0 Å². The molecule has 1 unspecified atom stereocenters. The van der Waals surface area contributed by atoms with E-state index in [1.807, 2.05) is 6.92 Å². The summed E-state index contributed by atoms with van der Waals surface area (Å²) in [6.07, 6.45) is 2.92. The molecule has 0 saturated carbocycles. The van der Waals surface area contributed by atoms with Crippen LogP contribution in [0.2, 0.25) is 0 Å². The van der Waals surface area contributed by atoms with Crippen LogP contribution < -0.4 is 4.74 Å². The number of aliphatic hydroxyl groups excluding tert-OH is 1. The van der Waals surface area contributed by atoms with Gasteiger partial charge in [0.1, 0.15) is 11.9 Å². The molecule has 1 heterocycles. The fourth-order valence-corrected chi connectivity index (χ4v) is 1.33. The number of aliphatic hydroxyl groups is 1. The number of rotatable bonds is 6. The zero-order valence-corrected chi connectivity index (χ0v) is 10.5. The highest BCUT2D eigenvalue weighted by Gasteiger charge is 2.21. The molecule has 0 radical (unpaired) electrons. The van der Waals surface area contributed by atoms with Gasteiger partial charge in [-0.3, -0.25) is 9.78 Å². The Bertz CT molecular complexity index is 377. The average Bonchev–Trinajstić information content (AvgIpc) is 2.34. The van der Waals surface area contributed by atoms with Gasteiger partial charge in [0.15, 0.2) is 5.78 Å². The lowest BCUT2D eigenvalue weighted by Crippen LogP contribution is -2.26. The smallest absolute Gasteiger partial charge is 0.193 e. The summed E-state index contributed by atoms with van der Waals surface area (Å²) in [6, 6.07) is 1.62. The Morgan fingerprint density at radius 1 is 1.47 bits per heavy atom. The summed E-state index contributed by atoms with van der Waals surface area (Å²) >= 11 is 0. The van der Waals surface area contributed by atoms with Crippen LogP contribution in [0.5, 0.6) is 5.75 Å². The third-order valence-electron chi connectivity index (χ3n) is 2.37. The van der Waals surface area contributed by atoms with E-state index in [2.05, 4.69) is 4.98 Å². The number of ether oxygens (including phenoxy) is 1. The predicted octanol–water partition coefficient (Wildman–Crippen LogP) is 2.07. The highest BCUT2D eigenvalue weighted by Crippen LogP contribution is 2.15. The summed E-state index contributed by atoms with van der Waals surface area (Å²) in [5.74, 6) is 0.144. The topological polar surface area (TPSA) is 59.4 Å². The van der Waals surface area contributed by atoms with Crippen LogP contribution in [0.3, 0.4) is 0 Å². The number of ketones is 1. The Kier molecular flexibility index (Phi) is 5.10. The van der Waals surface area contributed by atoms with E-state index in [9.17, 15) is 9.90 Å². The molecule has 4 nitrogen and oxygen atoms in total. The van der Waals surface area contributed by atoms with E-state index in [1.54, 1.807) is 26.1 Å². The van der Waals surface area contributed by atoms with Crippen LogP contribution in [0.4, 0.5) is 0 Å². The second kappa shape index (κ2) is 6.35. The number of hydrogen-bond donors (Lipinski definition) is 1. The van der Waals surface area contributed by atoms with Crippen molar-refractivity contribution in [2.45, 2.75) is 33.3 Å². The third-order valence-corrected chi connectivity index (χ3v) is 2.37. The average molecular weight is 237 g/mol. The fourth-order valence-electron chi connectivity index (χ4n) is 1.33. The zero-order valence-electron chi connectivity index (χ0n) is 10.5. The first-order valence-corrected chi connectivity index (χ1v) is 5.86. The van der Waals surface area contributed by atoms with E-state index < -0.39 is 6.10 Å². The molecule has 1 aromatic heterocycles. The van der Waals surface area contributed by atoms with Gasteiger partial charge in [0.05, 0.1) is 12.8 Å². The molecule has 0 fully saturated rings. The van der Waals surface area contributed by atoms with Crippen LogP contribution in [0.1, 0.15) is 37.6 Å². The van der Waals surface area contributed by atoms with Gasteiger partial charge in [-0.15, -0.1) is 0 Å². The lowest BCUT2D eigenvalue weighted by molar-refractivity contribution is 0.0647. The second-order valence-corrected chi connectivity index (χ2v) is 4.31. The quantitative estimate of drug-likeness (QED) is 0.769. The highest BCUT2D eigenvalue weighted by molar-refractivity contribution is 5.99. The molecule has 0 saturated heterocycles. The Labute approximate surface area is 102 Å². The van der Waals surface area contributed by atoms with E-state index in [0.29, 0.717) is 17.9 Å². The molecule has 0 amide bonds. The fraction of sp³-hybridized carbons (Fsp3) is 0.538. The standard InChI is InChI=1S/C13H19NO3/c1-4-5-17-11-6-10(7-14-8-11)13(16)12(15)9(2)3/h6-9,12,15H,4-5H2,1-3H3. The van der Waals surface area contributed by atoms with Crippen LogP contribution in [0.25, 0.3) is 0 Å². The van der Waals surface area contributed by atoms with Gasteiger partial charge in [-0.1, -0.05) is 20.8 Å². The van der Waals surface area contributed by atoms with Crippen molar-refractivity contribution in [3.05, 3.63) is 24.0 Å². The highest BCUT2D eigenvalue weighted by atomic mass is 16.5. The minimum absolute atomic E-state index is 0.109. The van der Waals surface area contributed by atoms with E-state index in [1.165, 1.54) is 6.20 Å². The summed E-state index contributed by atoms with van der Waals surface area (Å²) in [5, 5.41) is 9.70. The summed E-state index contributed by atoms with van der Waals surface area (Å²) in [4.78, 5) is 15.8. The number of aromatic nitrogens is 1. The van der Waals surface area contributed by atoms with Crippen LogP contribution in [-0.2, 0) is 0 Å². The van der Waals surface area contributed by atoms with Crippen molar-refractivity contribution in [1.29, 1.82) is 0 Å². The van der Waals surface area contributed by atoms with E-state index in [0.717, 1.165) is 6.42 Å². The van der Waals surface area contributed by atoms with E-state index in [4.69, 9.17) is 4.74 Å². The van der Waals surface area contributed by atoms with Crippen molar-refractivity contribution in [3.63, 3.8) is 0 Å². The van der Waals surface area contributed by atoms with Gasteiger partial charge in [-0.25, -0.2) is 0 Å². The molecule has 0 bridgehead atoms. The molecule has 0 spiro atoms. The molecular weight excluding hydrogens is 218 g/mol. The number of hydrogen-bond acceptors (Lipinski definition) is 4. The molecule has 0 aromatic carbocycles. The van der Waals surface area contributed by atoms with E-state index in [-0.39, 0.29) is 11.7 Å². The number of pyridine rings is 1. The first-order chi connectivity index (χ1) is 8.06. The minimum Gasteiger partial charge on any atom is -0.492 e. The Morgan fingerprint density at radius 3 is 2.76 bits per heavy atom. The van der Waals surface area contributed by atoms with Crippen molar-refractivity contribution in [1.82, 2.24) is 4.98 Å². The van der Waals surface area contributed by atoms with Crippen molar-refractivity contribution >= 4 is 5.78 Å². The predicted molar refractivity (Wildman–Crippen MR) is 65.2 cm³/mol. The maximum absolute atomic E-state index is 11.9.